The van der Waals surface area contributed by atoms with Gasteiger partial charge in [0.1, 0.15) is 5.82 Å². The highest BCUT2D eigenvalue weighted by Gasteiger charge is 2.22. The molecule has 6 nitrogen and oxygen atoms in total. The Morgan fingerprint density at radius 1 is 1.07 bits per heavy atom. The maximum absolute atomic E-state index is 13.6. The standard InChI is InChI=1S/C23H24FN3O3/c1-15-12-18(24)13-20-19(15)14-21(25-22(20)29)16-2-4-17(5-3-16)23(30)27-8-6-26(7-9-27)10-11-28/h2-5,12-14,28H,6-11H2,1H3,(H,25,29)/p+1. The normalized spacial score (nSPS) is 15.0. The summed E-state index contributed by atoms with van der Waals surface area (Å²) in [5.74, 6) is -0.438. The number of carbonyl (C=O) groups is 1. The molecule has 3 aromatic rings. The monoisotopic (exact) mass is 410 g/mol. The van der Waals surface area contributed by atoms with Crippen molar-refractivity contribution in [1.29, 1.82) is 0 Å². The third-order valence-corrected chi connectivity index (χ3v) is 5.66. The van der Waals surface area contributed by atoms with E-state index in [0.717, 1.165) is 25.2 Å². The molecule has 1 saturated heterocycles. The average Bonchev–Trinajstić information content (AvgIpc) is 2.75. The van der Waals surface area contributed by atoms with Gasteiger partial charge in [-0.05, 0) is 53.8 Å². The third kappa shape index (κ3) is 3.99. The van der Waals surface area contributed by atoms with Crippen molar-refractivity contribution in [1.82, 2.24) is 14.8 Å². The van der Waals surface area contributed by atoms with Crippen LogP contribution in [0.25, 0.3) is 22.0 Å². The molecule has 156 valence electrons. The summed E-state index contributed by atoms with van der Waals surface area (Å²) in [6.45, 7) is 5.80. The number of aromatic amines is 1. The molecule has 3 N–H and O–H groups in total. The maximum atomic E-state index is 13.6. The van der Waals surface area contributed by atoms with Crippen LogP contribution in [0.2, 0.25) is 0 Å². The van der Waals surface area contributed by atoms with E-state index in [1.54, 1.807) is 19.1 Å². The van der Waals surface area contributed by atoms with Crippen molar-refractivity contribution in [2.45, 2.75) is 6.92 Å². The molecule has 0 aliphatic carbocycles. The lowest BCUT2D eigenvalue weighted by Gasteiger charge is -2.34. The number of nitrogens with zero attached hydrogens (tertiary/aromatic N) is 2. The van der Waals surface area contributed by atoms with Crippen molar-refractivity contribution in [3.8, 4) is 11.3 Å². The van der Waals surface area contributed by atoms with Crippen LogP contribution < -0.4 is 5.56 Å². The van der Waals surface area contributed by atoms with Gasteiger partial charge in [-0.1, -0.05) is 12.1 Å². The van der Waals surface area contributed by atoms with Crippen LogP contribution in [0, 0.1) is 12.7 Å². The van der Waals surface area contributed by atoms with Crippen LogP contribution in [0.4, 0.5) is 4.39 Å². The summed E-state index contributed by atoms with van der Waals surface area (Å²) in [5, 5.41) is 8.35. The van der Waals surface area contributed by atoms with E-state index in [9.17, 15) is 14.0 Å². The first-order valence-electron chi connectivity index (χ1n) is 10.1. The van der Waals surface area contributed by atoms with Crippen molar-refractivity contribution in [3.05, 3.63) is 69.8 Å². The van der Waals surface area contributed by atoms with Crippen molar-refractivity contribution in [3.63, 3.8) is 0 Å². The van der Waals surface area contributed by atoms with Crippen LogP contribution >= 0.6 is 0 Å². The number of rotatable bonds is 4. The second-order valence-corrected chi connectivity index (χ2v) is 7.66. The van der Waals surface area contributed by atoms with E-state index >= 15 is 0 Å². The molecule has 4 rings (SSSR count). The summed E-state index contributed by atoms with van der Waals surface area (Å²) >= 11 is 0. The highest BCUT2D eigenvalue weighted by atomic mass is 19.1. The lowest BCUT2D eigenvalue weighted by Crippen LogP contribution is -2.49. The number of carbonyl (C=O) groups excluding carboxylic acids is 1. The van der Waals surface area contributed by atoms with Gasteiger partial charge in [-0.3, -0.25) is 14.5 Å². The van der Waals surface area contributed by atoms with Crippen molar-refractivity contribution >= 4 is 16.7 Å². The van der Waals surface area contributed by atoms with Crippen LogP contribution in [0.15, 0.2) is 47.3 Å². The number of aryl methyl sites for hydroxylation is 1. The first-order valence-corrected chi connectivity index (χ1v) is 10.1. The number of H-pyrrole nitrogens is 1. The van der Waals surface area contributed by atoms with Gasteiger partial charge in [0.05, 0.1) is 11.9 Å². The fourth-order valence-corrected chi connectivity index (χ4v) is 3.97. The van der Waals surface area contributed by atoms with E-state index < -0.39 is 5.82 Å². The number of benzene rings is 2. The summed E-state index contributed by atoms with van der Waals surface area (Å²) in [5.41, 5.74) is 2.39. The minimum absolute atomic E-state index is 0.00889. The van der Waals surface area contributed by atoms with Crippen LogP contribution in [-0.2, 0) is 0 Å². The highest BCUT2D eigenvalue weighted by Crippen LogP contribution is 2.24. The number of fused-ring (bicyclic) bond motifs is 1. The van der Waals surface area contributed by atoms with Crippen molar-refractivity contribution in [2.24, 2.45) is 0 Å². The Morgan fingerprint density at radius 2 is 1.77 bits per heavy atom. The Morgan fingerprint density at radius 3 is 2.43 bits per heavy atom. The number of hydrogen-bond acceptors (Lipinski definition) is 3. The van der Waals surface area contributed by atoms with Gasteiger partial charge in [-0.15, -0.1) is 0 Å². The zero-order valence-electron chi connectivity index (χ0n) is 16.9. The smallest absolute Gasteiger partial charge is 0.256 e. The van der Waals surface area contributed by atoms with Crippen LogP contribution in [0.5, 0.6) is 0 Å². The molecule has 0 atom stereocenters. The number of piperazine rings is 1. The highest BCUT2D eigenvalue weighted by molar-refractivity contribution is 5.95. The molecule has 1 aliphatic rings. The Labute approximate surface area is 173 Å². The molecule has 0 saturated carbocycles. The first kappa shape index (κ1) is 20.3. The Balaban J connectivity index is 1.55. The molecule has 2 aromatic carbocycles. The summed E-state index contributed by atoms with van der Waals surface area (Å²) in [6.07, 6.45) is 0. The molecule has 0 radical (unpaired) electrons. The molecule has 0 unspecified atom stereocenters. The van der Waals surface area contributed by atoms with Crippen molar-refractivity contribution in [2.75, 3.05) is 39.3 Å². The summed E-state index contributed by atoms with van der Waals surface area (Å²) in [7, 11) is 0. The Hall–Kier alpha value is -3.03. The molecule has 1 fully saturated rings. The van der Waals surface area contributed by atoms with E-state index in [1.807, 2.05) is 23.1 Å². The van der Waals surface area contributed by atoms with Crippen molar-refractivity contribution < 1.29 is 14.3 Å². The molecule has 30 heavy (non-hydrogen) atoms. The Bertz CT molecular complexity index is 1130. The number of hydrogen-bond donors (Lipinski definition) is 1. The summed E-state index contributed by atoms with van der Waals surface area (Å²) in [4.78, 5) is 32.1. The van der Waals surface area contributed by atoms with Gasteiger partial charge in [0, 0.05) is 37.4 Å². The molecule has 0 spiro atoms. The summed E-state index contributed by atoms with van der Waals surface area (Å²) < 4.78 is 13.6. The summed E-state index contributed by atoms with van der Waals surface area (Å²) in [6, 6.07) is 11.7. The molecule has 1 amide bonds. The lowest BCUT2D eigenvalue weighted by molar-refractivity contribution is 0.0615. The number of nitrogens with one attached hydrogen (secondary N) is 1. The fraction of sp³-hybridized carbons (Fsp3) is 0.304. The predicted molar refractivity (Wildman–Crippen MR) is 116 cm³/mol. The van der Waals surface area contributed by atoms with E-state index in [1.165, 1.54) is 12.1 Å². The average molecular weight is 410 g/mol. The van der Waals surface area contributed by atoms with Gasteiger partial charge >= 0.3 is 0 Å². The van der Waals surface area contributed by atoms with Crippen LogP contribution in [-0.4, -0.2) is 65.1 Å². The van der Waals surface area contributed by atoms with Gasteiger partial charge < -0.3 is 15.0 Å². The minimum atomic E-state index is -0.429. The Kier molecular flexibility index (Phi) is 5.65. The molecule has 2 heterocycles. The fourth-order valence-electron chi connectivity index (χ4n) is 3.97. The van der Waals surface area contributed by atoms with Gasteiger partial charge in [0.25, 0.3) is 11.5 Å². The number of aromatic nitrogens is 1. The largest absolute Gasteiger partial charge is 0.444 e. The first-order chi connectivity index (χ1) is 14.5. The van der Waals surface area contributed by atoms with E-state index in [2.05, 4.69) is 9.88 Å². The molecule has 0 bridgehead atoms. The van der Waals surface area contributed by atoms with Gasteiger partial charge in [-0.2, -0.15) is 0 Å². The van der Waals surface area contributed by atoms with E-state index in [0.29, 0.717) is 47.3 Å². The second-order valence-electron chi connectivity index (χ2n) is 7.66. The minimum Gasteiger partial charge on any atom is -0.444 e. The molecule has 1 aliphatic heterocycles. The molecular weight excluding hydrogens is 385 g/mol. The molecule has 7 heteroatoms. The third-order valence-electron chi connectivity index (χ3n) is 5.66. The van der Waals surface area contributed by atoms with E-state index in [-0.39, 0.29) is 11.5 Å². The van der Waals surface area contributed by atoms with Crippen LogP contribution in [0.3, 0.4) is 0 Å². The maximum Gasteiger partial charge on any atom is 0.256 e. The molecule has 1 aromatic heterocycles. The topological polar surface area (TPSA) is 79.3 Å². The SMILES string of the molecule is Cc1cc(F)cc2c(=O)[nH]c(-c3ccc(C(=O)N4CCN(CC[OH2+])CC4)cc3)cc12. The number of amides is 1. The van der Waals surface area contributed by atoms with Gasteiger partial charge in [0.2, 0.25) is 0 Å². The quantitative estimate of drug-likeness (QED) is 0.669. The van der Waals surface area contributed by atoms with Crippen LogP contribution in [0.1, 0.15) is 15.9 Å². The van der Waals surface area contributed by atoms with Gasteiger partial charge in [-0.25, -0.2) is 4.39 Å². The number of pyridine rings is 1. The zero-order chi connectivity index (χ0) is 21.3. The second kappa shape index (κ2) is 8.38. The predicted octanol–water partition coefficient (Wildman–Crippen LogP) is 2.13. The number of halogens is 1. The molecular formula is C23H25FN3O3+. The lowest BCUT2D eigenvalue weighted by atomic mass is 10.0. The van der Waals surface area contributed by atoms with E-state index in [4.69, 9.17) is 5.11 Å². The zero-order valence-corrected chi connectivity index (χ0v) is 16.9. The van der Waals surface area contributed by atoms with Gasteiger partial charge in [0.15, 0.2) is 6.61 Å².